The summed E-state index contributed by atoms with van der Waals surface area (Å²) in [5, 5.41) is 0. The molecule has 24 heavy (non-hydrogen) atoms. The molecule has 0 bridgehead atoms. The van der Waals surface area contributed by atoms with Crippen LogP contribution in [0.4, 0.5) is 0 Å². The fourth-order valence-corrected chi connectivity index (χ4v) is 3.55. The standard InChI is InChI=1S/C16H21NO6S/c1-2-22-14-5-3-13(4-6-14)15(18)12-23-16(19)11-17-7-9-24(20,21)10-8-17/h3-6H,2,7-12H2,1H3. The number of benzene rings is 1. The number of ketones is 1. The summed E-state index contributed by atoms with van der Waals surface area (Å²) in [5.41, 5.74) is 0.440. The molecule has 1 aliphatic heterocycles. The molecule has 1 aliphatic rings. The van der Waals surface area contributed by atoms with Crippen LogP contribution in [0.1, 0.15) is 17.3 Å². The van der Waals surface area contributed by atoms with Gasteiger partial charge in [0, 0.05) is 18.7 Å². The Hall–Kier alpha value is -1.93. The zero-order valence-electron chi connectivity index (χ0n) is 13.6. The number of carbonyl (C=O) groups is 2. The molecular formula is C16H21NO6S. The first-order chi connectivity index (χ1) is 11.4. The zero-order chi connectivity index (χ0) is 17.6. The second kappa shape index (κ2) is 8.25. The highest BCUT2D eigenvalue weighted by Gasteiger charge is 2.23. The number of ether oxygens (including phenoxy) is 2. The lowest BCUT2D eigenvalue weighted by Gasteiger charge is -2.25. The maximum absolute atomic E-state index is 12.0. The summed E-state index contributed by atoms with van der Waals surface area (Å²) in [5.74, 6) is -0.0659. The highest BCUT2D eigenvalue weighted by molar-refractivity contribution is 7.91. The van der Waals surface area contributed by atoms with Crippen molar-refractivity contribution in [2.75, 3.05) is 44.4 Å². The Morgan fingerprint density at radius 3 is 2.33 bits per heavy atom. The first kappa shape index (κ1) is 18.4. The van der Waals surface area contributed by atoms with Crippen molar-refractivity contribution in [2.24, 2.45) is 0 Å². The largest absolute Gasteiger partial charge is 0.494 e. The van der Waals surface area contributed by atoms with Crippen LogP contribution in [0.3, 0.4) is 0 Å². The third kappa shape index (κ3) is 5.61. The van der Waals surface area contributed by atoms with Gasteiger partial charge in [0.15, 0.2) is 22.2 Å². The van der Waals surface area contributed by atoms with Crippen molar-refractivity contribution in [2.45, 2.75) is 6.92 Å². The molecule has 1 aromatic carbocycles. The Balaban J connectivity index is 1.76. The first-order valence-corrected chi connectivity index (χ1v) is 9.56. The van der Waals surface area contributed by atoms with Crippen molar-refractivity contribution in [3.05, 3.63) is 29.8 Å². The SMILES string of the molecule is CCOc1ccc(C(=O)COC(=O)CN2CCS(=O)(=O)CC2)cc1. The van der Waals surface area contributed by atoms with E-state index in [2.05, 4.69) is 0 Å². The van der Waals surface area contributed by atoms with Crippen LogP contribution >= 0.6 is 0 Å². The number of esters is 1. The monoisotopic (exact) mass is 355 g/mol. The Bertz CT molecular complexity index is 669. The minimum absolute atomic E-state index is 0.00786. The van der Waals surface area contributed by atoms with E-state index in [1.165, 1.54) is 0 Å². The number of rotatable bonds is 7. The van der Waals surface area contributed by atoms with E-state index in [-0.39, 0.29) is 30.4 Å². The molecule has 0 saturated carbocycles. The minimum Gasteiger partial charge on any atom is -0.494 e. The maximum atomic E-state index is 12.0. The first-order valence-electron chi connectivity index (χ1n) is 7.74. The third-order valence-electron chi connectivity index (χ3n) is 3.64. The lowest BCUT2D eigenvalue weighted by Crippen LogP contribution is -2.43. The van der Waals surface area contributed by atoms with Gasteiger partial charge < -0.3 is 9.47 Å². The van der Waals surface area contributed by atoms with E-state index < -0.39 is 15.8 Å². The summed E-state index contributed by atoms with van der Waals surface area (Å²) >= 11 is 0. The topological polar surface area (TPSA) is 90.0 Å². The predicted molar refractivity (Wildman–Crippen MR) is 88.0 cm³/mol. The number of hydrogen-bond donors (Lipinski definition) is 0. The molecule has 1 fully saturated rings. The number of Topliss-reactive ketones (excluding diaryl/α,β-unsaturated/α-hetero) is 1. The fraction of sp³-hybridized carbons (Fsp3) is 0.500. The van der Waals surface area contributed by atoms with Crippen molar-refractivity contribution in [3.63, 3.8) is 0 Å². The van der Waals surface area contributed by atoms with Crippen LogP contribution < -0.4 is 4.74 Å². The van der Waals surface area contributed by atoms with Gasteiger partial charge in [0.2, 0.25) is 0 Å². The van der Waals surface area contributed by atoms with Crippen molar-refractivity contribution in [3.8, 4) is 5.75 Å². The summed E-state index contributed by atoms with van der Waals surface area (Å²) in [6, 6.07) is 6.62. The molecular weight excluding hydrogens is 334 g/mol. The zero-order valence-corrected chi connectivity index (χ0v) is 14.4. The number of nitrogens with zero attached hydrogens (tertiary/aromatic N) is 1. The van der Waals surface area contributed by atoms with Crippen molar-refractivity contribution < 1.29 is 27.5 Å². The van der Waals surface area contributed by atoms with Crippen LogP contribution in [0.25, 0.3) is 0 Å². The molecule has 0 aromatic heterocycles. The van der Waals surface area contributed by atoms with Gasteiger partial charge in [-0.1, -0.05) is 0 Å². The van der Waals surface area contributed by atoms with E-state index >= 15 is 0 Å². The Labute approximate surface area is 141 Å². The van der Waals surface area contributed by atoms with E-state index in [1.807, 2.05) is 6.92 Å². The van der Waals surface area contributed by atoms with E-state index in [0.717, 1.165) is 0 Å². The quantitative estimate of drug-likeness (QED) is 0.521. The third-order valence-corrected chi connectivity index (χ3v) is 5.25. The average molecular weight is 355 g/mol. The van der Waals surface area contributed by atoms with Crippen LogP contribution in [0, 0.1) is 0 Å². The van der Waals surface area contributed by atoms with Gasteiger partial charge in [0.1, 0.15) is 5.75 Å². The van der Waals surface area contributed by atoms with Crippen LogP contribution in [0.2, 0.25) is 0 Å². The van der Waals surface area contributed by atoms with E-state index in [4.69, 9.17) is 9.47 Å². The molecule has 0 unspecified atom stereocenters. The molecule has 0 N–H and O–H groups in total. The van der Waals surface area contributed by atoms with Gasteiger partial charge in [-0.05, 0) is 31.2 Å². The summed E-state index contributed by atoms with van der Waals surface area (Å²) in [4.78, 5) is 25.5. The van der Waals surface area contributed by atoms with Crippen LogP contribution in [0.5, 0.6) is 5.75 Å². The summed E-state index contributed by atoms with van der Waals surface area (Å²) in [7, 11) is -2.98. The van der Waals surface area contributed by atoms with Gasteiger partial charge in [0.25, 0.3) is 0 Å². The second-order valence-corrected chi connectivity index (χ2v) is 7.77. The van der Waals surface area contributed by atoms with Gasteiger partial charge >= 0.3 is 5.97 Å². The molecule has 1 aromatic rings. The summed E-state index contributed by atoms with van der Waals surface area (Å²) in [6.07, 6.45) is 0. The predicted octanol–water partition coefficient (Wildman–Crippen LogP) is 0.542. The lowest BCUT2D eigenvalue weighted by molar-refractivity contribution is -0.143. The summed E-state index contributed by atoms with van der Waals surface area (Å²) in [6.45, 7) is 2.69. The molecule has 0 amide bonds. The van der Waals surface area contributed by atoms with Crippen molar-refractivity contribution in [1.82, 2.24) is 4.90 Å². The summed E-state index contributed by atoms with van der Waals surface area (Å²) < 4.78 is 32.9. The van der Waals surface area contributed by atoms with Crippen LogP contribution in [-0.2, 0) is 19.4 Å². The minimum atomic E-state index is -2.98. The highest BCUT2D eigenvalue weighted by atomic mass is 32.2. The number of carbonyl (C=O) groups excluding carboxylic acids is 2. The number of hydrogen-bond acceptors (Lipinski definition) is 7. The molecule has 0 radical (unpaired) electrons. The van der Waals surface area contributed by atoms with Gasteiger partial charge in [-0.2, -0.15) is 0 Å². The van der Waals surface area contributed by atoms with Crippen molar-refractivity contribution in [1.29, 1.82) is 0 Å². The molecule has 7 nitrogen and oxygen atoms in total. The highest BCUT2D eigenvalue weighted by Crippen LogP contribution is 2.12. The molecule has 2 rings (SSSR count). The van der Waals surface area contributed by atoms with Gasteiger partial charge in [-0.25, -0.2) is 8.42 Å². The Morgan fingerprint density at radius 1 is 1.12 bits per heavy atom. The molecule has 0 spiro atoms. The van der Waals surface area contributed by atoms with Crippen molar-refractivity contribution >= 4 is 21.6 Å². The lowest BCUT2D eigenvalue weighted by atomic mass is 10.1. The normalized spacial score (nSPS) is 17.2. The fourth-order valence-electron chi connectivity index (χ4n) is 2.27. The van der Waals surface area contributed by atoms with Gasteiger partial charge in [0.05, 0.1) is 24.7 Å². The maximum Gasteiger partial charge on any atom is 0.320 e. The Kier molecular flexibility index (Phi) is 6.33. The Morgan fingerprint density at radius 2 is 1.75 bits per heavy atom. The van der Waals surface area contributed by atoms with Crippen LogP contribution in [0.15, 0.2) is 24.3 Å². The second-order valence-electron chi connectivity index (χ2n) is 5.47. The van der Waals surface area contributed by atoms with E-state index in [1.54, 1.807) is 29.2 Å². The molecule has 132 valence electrons. The van der Waals surface area contributed by atoms with Gasteiger partial charge in [-0.15, -0.1) is 0 Å². The molecule has 1 heterocycles. The van der Waals surface area contributed by atoms with Gasteiger partial charge in [-0.3, -0.25) is 14.5 Å². The van der Waals surface area contributed by atoms with E-state index in [0.29, 0.717) is 31.0 Å². The van der Waals surface area contributed by atoms with Crippen LogP contribution in [-0.4, -0.2) is 69.4 Å². The van der Waals surface area contributed by atoms with E-state index in [9.17, 15) is 18.0 Å². The molecule has 8 heteroatoms. The molecule has 0 atom stereocenters. The average Bonchev–Trinajstić information content (AvgIpc) is 2.56. The molecule has 0 aliphatic carbocycles. The smallest absolute Gasteiger partial charge is 0.320 e. The number of sulfone groups is 1. The molecule has 1 saturated heterocycles.